The Morgan fingerprint density at radius 3 is 2.21 bits per heavy atom. The molecule has 0 aliphatic rings. The van der Waals surface area contributed by atoms with E-state index in [1.54, 1.807) is 0 Å². The topological polar surface area (TPSA) is 15.3 Å². The Labute approximate surface area is 132 Å². The normalized spacial score (nSPS) is 16.4. The van der Waals surface area contributed by atoms with Crippen molar-refractivity contribution in [3.63, 3.8) is 0 Å². The van der Waals surface area contributed by atoms with Gasteiger partial charge in [-0.2, -0.15) is 0 Å². The molecule has 1 rings (SSSR count). The van der Waals surface area contributed by atoms with Crippen LogP contribution in [0.15, 0.2) is 24.3 Å². The standard InChI is InChI=1S/C16H27IN2/c1-6-16(3,19(4)5)15(18-7-2)12-13-8-10-14(17)11-9-13/h8-11,15,18H,6-7,12H2,1-5H3. The number of hydrogen-bond acceptors (Lipinski definition) is 2. The SMILES string of the molecule is CCNC(Cc1ccc(I)cc1)C(C)(CC)N(C)C. The molecule has 0 fully saturated rings. The summed E-state index contributed by atoms with van der Waals surface area (Å²) in [6.45, 7) is 7.83. The van der Waals surface area contributed by atoms with Crippen LogP contribution in [0.2, 0.25) is 0 Å². The second-order valence-electron chi connectivity index (χ2n) is 5.55. The maximum atomic E-state index is 3.68. The van der Waals surface area contributed by atoms with Gasteiger partial charge in [-0.3, -0.25) is 0 Å². The Bertz CT molecular complexity index is 375. The van der Waals surface area contributed by atoms with Crippen molar-refractivity contribution in [2.75, 3.05) is 20.6 Å². The minimum atomic E-state index is 0.180. The van der Waals surface area contributed by atoms with Crippen molar-refractivity contribution in [3.8, 4) is 0 Å². The van der Waals surface area contributed by atoms with Crippen molar-refractivity contribution in [1.82, 2.24) is 10.2 Å². The van der Waals surface area contributed by atoms with Gasteiger partial charge in [0.15, 0.2) is 0 Å². The van der Waals surface area contributed by atoms with E-state index in [1.807, 2.05) is 0 Å². The summed E-state index contributed by atoms with van der Waals surface area (Å²) < 4.78 is 1.30. The maximum Gasteiger partial charge on any atom is 0.0328 e. The van der Waals surface area contributed by atoms with Crippen LogP contribution < -0.4 is 5.32 Å². The van der Waals surface area contributed by atoms with E-state index in [0.717, 1.165) is 19.4 Å². The number of nitrogens with zero attached hydrogens (tertiary/aromatic N) is 1. The third-order valence-corrected chi connectivity index (χ3v) is 5.01. The quantitative estimate of drug-likeness (QED) is 0.735. The van der Waals surface area contributed by atoms with Gasteiger partial charge in [-0.1, -0.05) is 26.0 Å². The van der Waals surface area contributed by atoms with E-state index in [9.17, 15) is 0 Å². The lowest BCUT2D eigenvalue weighted by molar-refractivity contribution is 0.113. The number of nitrogens with one attached hydrogen (secondary N) is 1. The minimum absolute atomic E-state index is 0.180. The van der Waals surface area contributed by atoms with Crippen LogP contribution in [0.25, 0.3) is 0 Å². The monoisotopic (exact) mass is 374 g/mol. The molecule has 0 saturated carbocycles. The second-order valence-corrected chi connectivity index (χ2v) is 6.79. The summed E-state index contributed by atoms with van der Waals surface area (Å²) in [5.41, 5.74) is 1.59. The van der Waals surface area contributed by atoms with Gasteiger partial charge >= 0.3 is 0 Å². The first-order valence-corrected chi connectivity index (χ1v) is 8.17. The molecule has 0 aliphatic heterocycles. The zero-order valence-electron chi connectivity index (χ0n) is 12.8. The van der Waals surface area contributed by atoms with Crippen LogP contribution in [-0.4, -0.2) is 37.1 Å². The highest BCUT2D eigenvalue weighted by Gasteiger charge is 2.34. The lowest BCUT2D eigenvalue weighted by Crippen LogP contribution is -2.57. The molecule has 1 aromatic carbocycles. The molecule has 2 nitrogen and oxygen atoms in total. The Morgan fingerprint density at radius 1 is 1.21 bits per heavy atom. The second kappa shape index (κ2) is 7.60. The summed E-state index contributed by atoms with van der Waals surface area (Å²) in [4.78, 5) is 2.35. The van der Waals surface area contributed by atoms with E-state index < -0.39 is 0 Å². The van der Waals surface area contributed by atoms with Gasteiger partial charge in [-0.05, 0) is 80.7 Å². The van der Waals surface area contributed by atoms with E-state index in [2.05, 4.69) is 91.9 Å². The highest BCUT2D eigenvalue weighted by molar-refractivity contribution is 14.1. The fraction of sp³-hybridized carbons (Fsp3) is 0.625. The Hall–Kier alpha value is -0.130. The van der Waals surface area contributed by atoms with Gasteiger partial charge in [0.1, 0.15) is 0 Å². The molecule has 1 N–H and O–H groups in total. The lowest BCUT2D eigenvalue weighted by Gasteiger charge is -2.43. The molecule has 0 aromatic heterocycles. The average Bonchev–Trinajstić information content (AvgIpc) is 2.39. The van der Waals surface area contributed by atoms with E-state index in [-0.39, 0.29) is 5.54 Å². The summed E-state index contributed by atoms with van der Waals surface area (Å²) in [5, 5.41) is 3.68. The van der Waals surface area contributed by atoms with Crippen molar-refractivity contribution < 1.29 is 0 Å². The van der Waals surface area contributed by atoms with Crippen molar-refractivity contribution in [1.29, 1.82) is 0 Å². The molecule has 0 radical (unpaired) electrons. The molecule has 0 heterocycles. The Balaban J connectivity index is 2.91. The third-order valence-electron chi connectivity index (χ3n) is 4.29. The lowest BCUT2D eigenvalue weighted by atomic mass is 9.84. The Morgan fingerprint density at radius 2 is 1.79 bits per heavy atom. The van der Waals surface area contributed by atoms with Crippen LogP contribution in [-0.2, 0) is 6.42 Å². The maximum absolute atomic E-state index is 3.68. The average molecular weight is 374 g/mol. The summed E-state index contributed by atoms with van der Waals surface area (Å²) in [7, 11) is 4.36. The first-order chi connectivity index (χ1) is 8.93. The number of halogens is 1. The Kier molecular flexibility index (Phi) is 6.77. The molecule has 108 valence electrons. The highest BCUT2D eigenvalue weighted by Crippen LogP contribution is 2.24. The van der Waals surface area contributed by atoms with Gasteiger partial charge in [-0.15, -0.1) is 0 Å². The van der Waals surface area contributed by atoms with Crippen molar-refractivity contribution in [3.05, 3.63) is 33.4 Å². The van der Waals surface area contributed by atoms with Gasteiger partial charge in [0.2, 0.25) is 0 Å². The van der Waals surface area contributed by atoms with Gasteiger partial charge in [0.05, 0.1) is 0 Å². The van der Waals surface area contributed by atoms with Crippen LogP contribution in [0, 0.1) is 3.57 Å². The fourth-order valence-electron chi connectivity index (χ4n) is 2.49. The molecular weight excluding hydrogens is 347 g/mol. The van der Waals surface area contributed by atoms with Crippen LogP contribution in [0.5, 0.6) is 0 Å². The third kappa shape index (κ3) is 4.43. The van der Waals surface area contributed by atoms with Crippen LogP contribution in [0.3, 0.4) is 0 Å². The summed E-state index contributed by atoms with van der Waals surface area (Å²) in [5.74, 6) is 0. The number of benzene rings is 1. The molecule has 3 heteroatoms. The van der Waals surface area contributed by atoms with Gasteiger partial charge < -0.3 is 10.2 Å². The van der Waals surface area contributed by atoms with E-state index in [4.69, 9.17) is 0 Å². The molecule has 19 heavy (non-hydrogen) atoms. The largest absolute Gasteiger partial charge is 0.312 e. The smallest absolute Gasteiger partial charge is 0.0328 e. The number of likely N-dealkylation sites (N-methyl/N-ethyl adjacent to an activating group) is 2. The van der Waals surface area contributed by atoms with E-state index >= 15 is 0 Å². The van der Waals surface area contributed by atoms with Crippen molar-refractivity contribution in [2.24, 2.45) is 0 Å². The molecule has 0 spiro atoms. The molecule has 0 bridgehead atoms. The predicted octanol–water partition coefficient (Wildman–Crippen LogP) is 3.54. The molecule has 0 saturated heterocycles. The van der Waals surface area contributed by atoms with E-state index in [0.29, 0.717) is 6.04 Å². The summed E-state index contributed by atoms with van der Waals surface area (Å²) >= 11 is 2.36. The van der Waals surface area contributed by atoms with Crippen molar-refractivity contribution in [2.45, 2.75) is 45.2 Å². The molecule has 2 atom stereocenters. The first kappa shape index (κ1) is 16.9. The van der Waals surface area contributed by atoms with Crippen LogP contribution in [0.4, 0.5) is 0 Å². The number of rotatable bonds is 7. The number of hydrogen-bond donors (Lipinski definition) is 1. The van der Waals surface area contributed by atoms with Gasteiger partial charge in [-0.25, -0.2) is 0 Å². The molecule has 0 amide bonds. The summed E-state index contributed by atoms with van der Waals surface area (Å²) in [6.07, 6.45) is 2.22. The van der Waals surface area contributed by atoms with Gasteiger partial charge in [0.25, 0.3) is 0 Å². The highest BCUT2D eigenvalue weighted by atomic mass is 127. The molecule has 0 aliphatic carbocycles. The van der Waals surface area contributed by atoms with Crippen LogP contribution in [0.1, 0.15) is 32.8 Å². The predicted molar refractivity (Wildman–Crippen MR) is 92.7 cm³/mol. The van der Waals surface area contributed by atoms with Crippen molar-refractivity contribution >= 4 is 22.6 Å². The van der Waals surface area contributed by atoms with Crippen LogP contribution >= 0.6 is 22.6 Å². The van der Waals surface area contributed by atoms with Gasteiger partial charge in [0, 0.05) is 15.2 Å². The van der Waals surface area contributed by atoms with E-state index in [1.165, 1.54) is 9.13 Å². The fourth-order valence-corrected chi connectivity index (χ4v) is 2.85. The molecule has 1 aromatic rings. The first-order valence-electron chi connectivity index (χ1n) is 7.09. The molecular formula is C16H27IN2. The zero-order valence-corrected chi connectivity index (χ0v) is 15.0. The molecule has 2 unspecified atom stereocenters. The summed E-state index contributed by atoms with van der Waals surface area (Å²) in [6, 6.07) is 9.35. The minimum Gasteiger partial charge on any atom is -0.312 e. The zero-order chi connectivity index (χ0) is 14.5.